The molecule has 3 aliphatic rings. The Kier molecular flexibility index (Phi) is 8.33. The molecule has 0 bridgehead atoms. The molecule has 1 saturated carbocycles. The smallest absolute Gasteiger partial charge is 0.325 e. The number of rotatable bonds is 4. The molecule has 4 amide bonds. The Balaban J connectivity index is 1.35. The van der Waals surface area contributed by atoms with Crippen molar-refractivity contribution in [2.24, 2.45) is 0 Å². The van der Waals surface area contributed by atoms with Gasteiger partial charge in [-0.1, -0.05) is 65.5 Å². The van der Waals surface area contributed by atoms with Crippen molar-refractivity contribution in [1.29, 1.82) is 0 Å². The van der Waals surface area contributed by atoms with Crippen LogP contribution >= 0.6 is 15.9 Å². The molecule has 0 aromatic heterocycles. The lowest BCUT2D eigenvalue weighted by Crippen LogP contribution is -2.49. The van der Waals surface area contributed by atoms with E-state index in [2.05, 4.69) is 43.6 Å². The van der Waals surface area contributed by atoms with Gasteiger partial charge in [-0.15, -0.1) is 0 Å². The van der Waals surface area contributed by atoms with Crippen LogP contribution in [0.25, 0.3) is 0 Å². The molecule has 2 aliphatic heterocycles. The molecule has 2 aromatic carbocycles. The van der Waals surface area contributed by atoms with E-state index in [1.807, 2.05) is 36.4 Å². The maximum Gasteiger partial charge on any atom is 0.325 e. The number of imide groups is 1. The molecule has 9 heteroatoms. The highest BCUT2D eigenvalue weighted by Crippen LogP contribution is 2.33. The van der Waals surface area contributed by atoms with E-state index in [-0.39, 0.29) is 18.4 Å². The molecule has 202 valence electrons. The van der Waals surface area contributed by atoms with Crippen molar-refractivity contribution in [3.63, 3.8) is 0 Å². The summed E-state index contributed by atoms with van der Waals surface area (Å²) in [6, 6.07) is 16.0. The molecular weight excluding hydrogens is 546 g/mol. The number of nitrogens with zero attached hydrogens (tertiary/aromatic N) is 3. The van der Waals surface area contributed by atoms with Crippen LogP contribution in [0.3, 0.4) is 0 Å². The Labute approximate surface area is 232 Å². The van der Waals surface area contributed by atoms with E-state index in [1.54, 1.807) is 4.90 Å². The summed E-state index contributed by atoms with van der Waals surface area (Å²) in [5.74, 6) is -0.463. The van der Waals surface area contributed by atoms with Gasteiger partial charge in [0, 0.05) is 49.4 Å². The Morgan fingerprint density at radius 2 is 1.74 bits per heavy atom. The molecule has 0 unspecified atom stereocenters. The standard InChI is InChI=1S/C29H36BrN5O3/c30-24-10-11-25-23(18-24)20-34(17-16-33(15-7-14-31-25)19-22-8-3-1-4-9-22)26(36)21-35-27(37)29(32-28(35)38)12-5-2-6-13-29/h1,3-4,8-11,18,31H,2,5-7,12-17,19-21H2,(H,32,38). The summed E-state index contributed by atoms with van der Waals surface area (Å²) in [6.45, 7) is 3.90. The van der Waals surface area contributed by atoms with Crippen LogP contribution in [0.4, 0.5) is 10.5 Å². The fourth-order valence-corrected chi connectivity index (χ4v) is 6.22. The Morgan fingerprint density at radius 3 is 2.53 bits per heavy atom. The van der Waals surface area contributed by atoms with Crippen molar-refractivity contribution in [1.82, 2.24) is 20.0 Å². The first-order valence-corrected chi connectivity index (χ1v) is 14.4. The van der Waals surface area contributed by atoms with Gasteiger partial charge in [0.2, 0.25) is 5.91 Å². The second-order valence-corrected chi connectivity index (χ2v) is 11.5. The lowest BCUT2D eigenvalue weighted by atomic mass is 9.82. The van der Waals surface area contributed by atoms with Crippen molar-refractivity contribution < 1.29 is 14.4 Å². The van der Waals surface area contributed by atoms with E-state index >= 15 is 0 Å². The highest BCUT2D eigenvalue weighted by atomic mass is 79.9. The summed E-state index contributed by atoms with van der Waals surface area (Å²) in [6.07, 6.45) is 5.16. The summed E-state index contributed by atoms with van der Waals surface area (Å²) in [7, 11) is 0. The van der Waals surface area contributed by atoms with E-state index in [1.165, 1.54) is 5.56 Å². The van der Waals surface area contributed by atoms with Gasteiger partial charge >= 0.3 is 6.03 Å². The number of hydrogen-bond acceptors (Lipinski definition) is 5. The highest BCUT2D eigenvalue weighted by molar-refractivity contribution is 9.10. The van der Waals surface area contributed by atoms with Gasteiger partial charge in [0.15, 0.2) is 0 Å². The van der Waals surface area contributed by atoms with Crippen LogP contribution in [0.5, 0.6) is 0 Å². The second-order valence-electron chi connectivity index (χ2n) is 10.6. The molecule has 5 rings (SSSR count). The number of halogens is 1. The van der Waals surface area contributed by atoms with E-state index in [9.17, 15) is 14.4 Å². The lowest BCUT2D eigenvalue weighted by molar-refractivity contribution is -0.140. The number of carbonyl (C=O) groups is 3. The SMILES string of the molecule is O=C(CN1C(=O)NC2(CCCCC2)C1=O)N1CCN(Cc2ccccc2)CCCNc2ccc(Br)cc2C1. The molecule has 2 N–H and O–H groups in total. The monoisotopic (exact) mass is 581 g/mol. The zero-order valence-electron chi connectivity index (χ0n) is 21.8. The first-order chi connectivity index (χ1) is 18.4. The fraction of sp³-hybridized carbons (Fsp3) is 0.483. The second kappa shape index (κ2) is 11.9. The predicted molar refractivity (Wildman–Crippen MR) is 150 cm³/mol. The van der Waals surface area contributed by atoms with Gasteiger partial charge in [-0.25, -0.2) is 4.79 Å². The minimum absolute atomic E-state index is 0.216. The first kappa shape index (κ1) is 26.7. The lowest BCUT2D eigenvalue weighted by Gasteiger charge is -2.31. The molecule has 2 heterocycles. The topological polar surface area (TPSA) is 85.0 Å². The van der Waals surface area contributed by atoms with Gasteiger partial charge in [0.25, 0.3) is 5.91 Å². The summed E-state index contributed by atoms with van der Waals surface area (Å²) >= 11 is 3.57. The van der Waals surface area contributed by atoms with Gasteiger partial charge in [-0.05, 0) is 48.6 Å². The van der Waals surface area contributed by atoms with Crippen molar-refractivity contribution >= 4 is 39.5 Å². The van der Waals surface area contributed by atoms with Crippen LogP contribution in [0.1, 0.15) is 49.7 Å². The summed E-state index contributed by atoms with van der Waals surface area (Å²) in [5, 5.41) is 6.47. The van der Waals surface area contributed by atoms with Crippen LogP contribution in [0.2, 0.25) is 0 Å². The Morgan fingerprint density at radius 1 is 0.947 bits per heavy atom. The van der Waals surface area contributed by atoms with Crippen molar-refractivity contribution in [3.05, 3.63) is 64.1 Å². The molecule has 2 fully saturated rings. The number of hydrogen-bond donors (Lipinski definition) is 2. The average Bonchev–Trinajstić information content (AvgIpc) is 3.11. The third kappa shape index (κ3) is 6.04. The highest BCUT2D eigenvalue weighted by Gasteiger charge is 2.51. The molecule has 0 atom stereocenters. The molecule has 1 spiro atoms. The number of benzene rings is 2. The Hall–Kier alpha value is -2.91. The van der Waals surface area contributed by atoms with E-state index in [4.69, 9.17) is 0 Å². The maximum absolute atomic E-state index is 13.7. The van der Waals surface area contributed by atoms with E-state index in [0.29, 0.717) is 32.5 Å². The van der Waals surface area contributed by atoms with Crippen LogP contribution in [-0.2, 0) is 22.7 Å². The molecule has 2 aromatic rings. The molecule has 1 aliphatic carbocycles. The predicted octanol–water partition coefficient (Wildman–Crippen LogP) is 4.35. The van der Waals surface area contributed by atoms with Crippen LogP contribution < -0.4 is 10.6 Å². The van der Waals surface area contributed by atoms with E-state index < -0.39 is 11.6 Å². The zero-order valence-corrected chi connectivity index (χ0v) is 23.3. The van der Waals surface area contributed by atoms with Crippen LogP contribution in [0, 0.1) is 0 Å². The summed E-state index contributed by atoms with van der Waals surface area (Å²) < 4.78 is 0.944. The number of anilines is 1. The number of urea groups is 1. The summed E-state index contributed by atoms with van der Waals surface area (Å²) in [4.78, 5) is 45.2. The van der Waals surface area contributed by atoms with Crippen molar-refractivity contribution in [2.45, 2.75) is 57.2 Å². The zero-order chi connectivity index (χ0) is 26.5. The first-order valence-electron chi connectivity index (χ1n) is 13.6. The fourth-order valence-electron chi connectivity index (χ4n) is 5.81. The molecule has 0 radical (unpaired) electrons. The van der Waals surface area contributed by atoms with Gasteiger partial charge in [-0.3, -0.25) is 19.4 Å². The van der Waals surface area contributed by atoms with Crippen LogP contribution in [-0.4, -0.2) is 70.8 Å². The number of nitrogens with one attached hydrogen (secondary N) is 2. The third-order valence-corrected chi connectivity index (χ3v) is 8.42. The van der Waals surface area contributed by atoms with E-state index in [0.717, 1.165) is 65.9 Å². The summed E-state index contributed by atoms with van der Waals surface area (Å²) in [5.41, 5.74) is 2.41. The van der Waals surface area contributed by atoms with Crippen LogP contribution in [0.15, 0.2) is 53.0 Å². The largest absolute Gasteiger partial charge is 0.385 e. The van der Waals surface area contributed by atoms with Gasteiger partial charge in [0.1, 0.15) is 12.1 Å². The number of fused-ring (bicyclic) bond motifs is 1. The molecule has 38 heavy (non-hydrogen) atoms. The molecule has 1 saturated heterocycles. The number of carbonyl (C=O) groups excluding carboxylic acids is 3. The minimum atomic E-state index is -0.826. The third-order valence-electron chi connectivity index (χ3n) is 7.93. The minimum Gasteiger partial charge on any atom is -0.385 e. The Bertz CT molecular complexity index is 1170. The quantitative estimate of drug-likeness (QED) is 0.524. The molecule has 8 nitrogen and oxygen atoms in total. The van der Waals surface area contributed by atoms with Gasteiger partial charge in [-0.2, -0.15) is 0 Å². The van der Waals surface area contributed by atoms with Gasteiger partial charge in [0.05, 0.1) is 0 Å². The van der Waals surface area contributed by atoms with Crippen molar-refractivity contribution in [3.8, 4) is 0 Å². The average molecular weight is 583 g/mol. The molecular formula is C29H36BrN5O3. The normalized spacial score (nSPS) is 20.4. The number of amides is 4. The maximum atomic E-state index is 13.7. The van der Waals surface area contributed by atoms with Crippen molar-refractivity contribution in [2.75, 3.05) is 38.0 Å². The van der Waals surface area contributed by atoms with Gasteiger partial charge < -0.3 is 15.5 Å².